The second-order valence-electron chi connectivity index (χ2n) is 4.66. The number of fused-ring (bicyclic) bond motifs is 1. The van der Waals surface area contributed by atoms with Gasteiger partial charge in [0.25, 0.3) is 0 Å². The maximum absolute atomic E-state index is 11.4. The Morgan fingerprint density at radius 2 is 2.19 bits per heavy atom. The number of halogens is 1. The number of benzene rings is 1. The first-order valence-electron chi connectivity index (χ1n) is 6.70. The zero-order chi connectivity index (χ0) is 15.4. The molecule has 0 aromatic heterocycles. The summed E-state index contributed by atoms with van der Waals surface area (Å²) >= 11 is 6.16. The lowest BCUT2D eigenvalue weighted by molar-refractivity contribution is -0.140. The highest BCUT2D eigenvalue weighted by Crippen LogP contribution is 2.32. The van der Waals surface area contributed by atoms with Crippen LogP contribution in [-0.2, 0) is 22.5 Å². The number of carbonyl (C=O) groups excluding carboxylic acids is 1. The minimum absolute atomic E-state index is 0.0740. The summed E-state index contributed by atoms with van der Waals surface area (Å²) in [7, 11) is 0. The van der Waals surface area contributed by atoms with Crippen molar-refractivity contribution >= 4 is 29.4 Å². The number of carbonyl (C=O) groups is 2. The SMILES string of the molecule is CCOC(=O)CNc1ccc(Cl)c2c1CCN(C(=O)O)C2. The molecular formula is C14H17ClN2O4. The molecule has 0 saturated heterocycles. The van der Waals surface area contributed by atoms with Gasteiger partial charge in [0, 0.05) is 17.3 Å². The number of hydrogen-bond donors (Lipinski definition) is 2. The van der Waals surface area contributed by atoms with Crippen molar-refractivity contribution in [2.45, 2.75) is 19.9 Å². The van der Waals surface area contributed by atoms with Gasteiger partial charge in [0.2, 0.25) is 0 Å². The number of nitrogens with zero attached hydrogens (tertiary/aromatic N) is 1. The molecule has 0 aliphatic carbocycles. The first-order valence-corrected chi connectivity index (χ1v) is 7.08. The molecule has 0 radical (unpaired) electrons. The van der Waals surface area contributed by atoms with Gasteiger partial charge in [-0.25, -0.2) is 4.79 Å². The van der Waals surface area contributed by atoms with Gasteiger partial charge in [0.05, 0.1) is 13.2 Å². The third kappa shape index (κ3) is 3.58. The molecule has 0 fully saturated rings. The summed E-state index contributed by atoms with van der Waals surface area (Å²) in [6, 6.07) is 3.51. The summed E-state index contributed by atoms with van der Waals surface area (Å²) in [5.74, 6) is -0.329. The van der Waals surface area contributed by atoms with Crippen molar-refractivity contribution in [3.05, 3.63) is 28.3 Å². The minimum atomic E-state index is -0.957. The molecule has 1 aromatic carbocycles. The Morgan fingerprint density at radius 3 is 2.86 bits per heavy atom. The maximum atomic E-state index is 11.4. The normalized spacial score (nSPS) is 13.5. The van der Waals surface area contributed by atoms with E-state index in [-0.39, 0.29) is 19.1 Å². The van der Waals surface area contributed by atoms with Gasteiger partial charge in [-0.3, -0.25) is 4.79 Å². The third-order valence-corrected chi connectivity index (χ3v) is 3.71. The smallest absolute Gasteiger partial charge is 0.407 e. The predicted octanol–water partition coefficient (Wildman–Crippen LogP) is 2.35. The molecule has 1 amide bonds. The van der Waals surface area contributed by atoms with E-state index < -0.39 is 6.09 Å². The number of nitrogens with one attached hydrogen (secondary N) is 1. The number of carboxylic acid groups (broad SMARTS) is 1. The number of ether oxygens (including phenoxy) is 1. The van der Waals surface area contributed by atoms with Crippen LogP contribution in [0.5, 0.6) is 0 Å². The molecule has 1 aromatic rings. The van der Waals surface area contributed by atoms with Crippen molar-refractivity contribution in [3.8, 4) is 0 Å². The fourth-order valence-electron chi connectivity index (χ4n) is 2.35. The predicted molar refractivity (Wildman–Crippen MR) is 78.7 cm³/mol. The third-order valence-electron chi connectivity index (χ3n) is 3.35. The molecule has 2 N–H and O–H groups in total. The maximum Gasteiger partial charge on any atom is 0.407 e. The van der Waals surface area contributed by atoms with Crippen LogP contribution in [-0.4, -0.2) is 41.8 Å². The number of amides is 1. The van der Waals surface area contributed by atoms with E-state index in [1.165, 1.54) is 4.90 Å². The summed E-state index contributed by atoms with van der Waals surface area (Å²) in [5.41, 5.74) is 2.55. The Balaban J connectivity index is 2.16. The summed E-state index contributed by atoms with van der Waals surface area (Å²) < 4.78 is 4.87. The molecule has 0 unspecified atom stereocenters. The minimum Gasteiger partial charge on any atom is -0.465 e. The quantitative estimate of drug-likeness (QED) is 0.834. The highest BCUT2D eigenvalue weighted by Gasteiger charge is 2.24. The number of rotatable bonds is 4. The van der Waals surface area contributed by atoms with Gasteiger partial charge in [-0.1, -0.05) is 11.6 Å². The van der Waals surface area contributed by atoms with E-state index in [1.54, 1.807) is 19.1 Å². The van der Waals surface area contributed by atoms with Crippen molar-refractivity contribution in [2.24, 2.45) is 0 Å². The molecule has 0 atom stereocenters. The lowest BCUT2D eigenvalue weighted by atomic mass is 9.98. The average molecular weight is 313 g/mol. The van der Waals surface area contributed by atoms with Crippen molar-refractivity contribution < 1.29 is 19.4 Å². The summed E-state index contributed by atoms with van der Waals surface area (Å²) in [4.78, 5) is 23.8. The first-order chi connectivity index (χ1) is 10.0. The van der Waals surface area contributed by atoms with Crippen LogP contribution < -0.4 is 5.32 Å². The Bertz CT molecular complexity index is 562. The van der Waals surface area contributed by atoms with Gasteiger partial charge in [-0.2, -0.15) is 0 Å². The Kier molecular flexibility index (Phi) is 4.90. The topological polar surface area (TPSA) is 78.9 Å². The van der Waals surface area contributed by atoms with Crippen molar-refractivity contribution in [1.29, 1.82) is 0 Å². The second-order valence-corrected chi connectivity index (χ2v) is 5.07. The summed E-state index contributed by atoms with van der Waals surface area (Å²) in [6.07, 6.45) is -0.394. The van der Waals surface area contributed by atoms with Crippen LogP contribution in [0.3, 0.4) is 0 Å². The van der Waals surface area contributed by atoms with E-state index in [9.17, 15) is 9.59 Å². The van der Waals surface area contributed by atoms with Gasteiger partial charge in [0.1, 0.15) is 6.54 Å². The van der Waals surface area contributed by atoms with Crippen molar-refractivity contribution in [3.63, 3.8) is 0 Å². The molecule has 21 heavy (non-hydrogen) atoms. The van der Waals surface area contributed by atoms with Crippen molar-refractivity contribution in [1.82, 2.24) is 4.90 Å². The van der Waals surface area contributed by atoms with Gasteiger partial charge in [-0.05, 0) is 36.6 Å². The summed E-state index contributed by atoms with van der Waals surface area (Å²) in [6.45, 7) is 2.84. The van der Waals surface area contributed by atoms with Gasteiger partial charge in [0.15, 0.2) is 0 Å². The van der Waals surface area contributed by atoms with E-state index in [4.69, 9.17) is 21.4 Å². The molecule has 0 bridgehead atoms. The first kappa shape index (κ1) is 15.4. The van der Waals surface area contributed by atoms with Crippen LogP contribution in [0.1, 0.15) is 18.1 Å². The average Bonchev–Trinajstić information content (AvgIpc) is 2.46. The van der Waals surface area contributed by atoms with Gasteiger partial charge in [-0.15, -0.1) is 0 Å². The van der Waals surface area contributed by atoms with E-state index in [1.807, 2.05) is 0 Å². The van der Waals surface area contributed by atoms with E-state index in [2.05, 4.69) is 5.32 Å². The Morgan fingerprint density at radius 1 is 1.43 bits per heavy atom. The van der Waals surface area contributed by atoms with Crippen LogP contribution in [0.4, 0.5) is 10.5 Å². The molecular weight excluding hydrogens is 296 g/mol. The largest absolute Gasteiger partial charge is 0.465 e. The van der Waals surface area contributed by atoms with Crippen LogP contribution in [0.2, 0.25) is 5.02 Å². The molecule has 0 saturated carbocycles. The molecule has 114 valence electrons. The van der Waals surface area contributed by atoms with E-state index >= 15 is 0 Å². The second kappa shape index (κ2) is 6.67. The van der Waals surface area contributed by atoms with Gasteiger partial charge < -0.3 is 20.1 Å². The Labute approximate surface area is 127 Å². The molecule has 7 heteroatoms. The molecule has 6 nitrogen and oxygen atoms in total. The standard InChI is InChI=1S/C14H17ClN2O4/c1-2-21-13(18)7-16-12-4-3-11(15)10-8-17(14(19)20)6-5-9(10)12/h3-4,16H,2,5-8H2,1H3,(H,19,20). The van der Waals surface area contributed by atoms with E-state index in [0.29, 0.717) is 24.6 Å². The van der Waals surface area contributed by atoms with Crippen LogP contribution in [0.25, 0.3) is 0 Å². The molecule has 1 aliphatic rings. The van der Waals surface area contributed by atoms with Crippen LogP contribution >= 0.6 is 11.6 Å². The number of anilines is 1. The number of hydrogen-bond acceptors (Lipinski definition) is 4. The number of esters is 1. The molecule has 0 spiro atoms. The lowest BCUT2D eigenvalue weighted by Crippen LogP contribution is -2.35. The Hall–Kier alpha value is -1.95. The highest BCUT2D eigenvalue weighted by atomic mass is 35.5. The fraction of sp³-hybridized carbons (Fsp3) is 0.429. The fourth-order valence-corrected chi connectivity index (χ4v) is 2.58. The van der Waals surface area contributed by atoms with E-state index in [0.717, 1.165) is 16.8 Å². The molecule has 1 heterocycles. The monoisotopic (exact) mass is 312 g/mol. The van der Waals surface area contributed by atoms with Crippen LogP contribution in [0.15, 0.2) is 12.1 Å². The molecule has 1 aliphatic heterocycles. The highest BCUT2D eigenvalue weighted by molar-refractivity contribution is 6.31. The van der Waals surface area contributed by atoms with Gasteiger partial charge >= 0.3 is 12.1 Å². The zero-order valence-electron chi connectivity index (χ0n) is 11.7. The van der Waals surface area contributed by atoms with Crippen LogP contribution in [0, 0.1) is 0 Å². The lowest BCUT2D eigenvalue weighted by Gasteiger charge is -2.29. The molecule has 2 rings (SSSR count). The van der Waals surface area contributed by atoms with Crippen molar-refractivity contribution in [2.75, 3.05) is 25.0 Å². The zero-order valence-corrected chi connectivity index (χ0v) is 12.4. The summed E-state index contributed by atoms with van der Waals surface area (Å²) in [5, 5.41) is 12.6.